The van der Waals surface area contributed by atoms with Gasteiger partial charge in [0.15, 0.2) is 0 Å². The summed E-state index contributed by atoms with van der Waals surface area (Å²) in [7, 11) is 1.80. The summed E-state index contributed by atoms with van der Waals surface area (Å²) in [6.07, 6.45) is 0.520. The summed E-state index contributed by atoms with van der Waals surface area (Å²) in [6, 6.07) is 0. The van der Waals surface area contributed by atoms with Crippen LogP contribution in [0.1, 0.15) is 20.3 Å². The molecule has 1 atom stereocenters. The van der Waals surface area contributed by atoms with E-state index in [1.165, 1.54) is 0 Å². The van der Waals surface area contributed by atoms with Crippen molar-refractivity contribution in [2.75, 3.05) is 13.6 Å². The molecule has 1 N–H and O–H groups in total. The largest absolute Gasteiger partial charge is 0.289 e. The Labute approximate surface area is 88.3 Å². The van der Waals surface area contributed by atoms with Crippen LogP contribution < -0.4 is 5.43 Å². The lowest BCUT2D eigenvalue weighted by Gasteiger charge is -2.19. The van der Waals surface area contributed by atoms with Crippen molar-refractivity contribution in [3.05, 3.63) is 0 Å². The number of carbonyl (C=O) groups excluding carboxylic acids is 1. The van der Waals surface area contributed by atoms with Crippen molar-refractivity contribution in [1.82, 2.24) is 10.4 Å². The predicted octanol–water partition coefficient (Wildman–Crippen LogP) is 1.55. The van der Waals surface area contributed by atoms with E-state index in [-0.39, 0.29) is 5.91 Å². The minimum absolute atomic E-state index is 0.109. The number of carbonyl (C=O) groups is 1. The van der Waals surface area contributed by atoms with Gasteiger partial charge in [0.05, 0.1) is 5.41 Å². The van der Waals surface area contributed by atoms with E-state index in [0.29, 0.717) is 6.42 Å². The third-order valence-corrected chi connectivity index (χ3v) is 3.63. The first-order chi connectivity index (χ1) is 5.83. The van der Waals surface area contributed by atoms with E-state index < -0.39 is 9.75 Å². The van der Waals surface area contributed by atoms with Crippen molar-refractivity contribution in [3.8, 4) is 0 Å². The maximum absolute atomic E-state index is 11.6. The van der Waals surface area contributed by atoms with Crippen LogP contribution in [0.15, 0.2) is 0 Å². The quantitative estimate of drug-likeness (QED) is 0.583. The fourth-order valence-electron chi connectivity index (χ4n) is 1.02. The first kappa shape index (κ1) is 11.1. The molecule has 1 fully saturated rings. The van der Waals surface area contributed by atoms with Gasteiger partial charge in [0.2, 0.25) is 5.91 Å². The molecular weight excluding hydrogens is 211 g/mol. The predicted molar refractivity (Wildman–Crippen MR) is 53.6 cm³/mol. The Bertz CT molecular complexity index is 232. The van der Waals surface area contributed by atoms with Gasteiger partial charge in [-0.1, -0.05) is 6.92 Å². The maximum atomic E-state index is 11.6. The molecule has 0 aliphatic heterocycles. The summed E-state index contributed by atoms with van der Waals surface area (Å²) in [6.45, 7) is 4.47. The van der Waals surface area contributed by atoms with E-state index in [2.05, 4.69) is 5.43 Å². The Morgan fingerprint density at radius 3 is 2.38 bits per heavy atom. The fourth-order valence-corrected chi connectivity index (χ4v) is 1.73. The lowest BCUT2D eigenvalue weighted by Crippen LogP contribution is -2.43. The molecule has 0 radical (unpaired) electrons. The van der Waals surface area contributed by atoms with Gasteiger partial charge in [-0.2, -0.15) is 0 Å². The minimum atomic E-state index is -0.883. The first-order valence-electron chi connectivity index (χ1n) is 4.23. The third kappa shape index (κ3) is 1.92. The van der Waals surface area contributed by atoms with Gasteiger partial charge in [-0.3, -0.25) is 10.2 Å². The molecule has 1 aliphatic carbocycles. The van der Waals surface area contributed by atoms with Crippen LogP contribution in [0.2, 0.25) is 0 Å². The van der Waals surface area contributed by atoms with E-state index in [9.17, 15) is 4.79 Å². The zero-order chi connectivity index (χ0) is 10.3. The van der Waals surface area contributed by atoms with Crippen LogP contribution >= 0.6 is 23.2 Å². The van der Waals surface area contributed by atoms with Crippen LogP contribution in [0.4, 0.5) is 0 Å². The molecule has 0 aromatic heterocycles. The van der Waals surface area contributed by atoms with Crippen molar-refractivity contribution in [2.24, 2.45) is 5.41 Å². The molecule has 0 aromatic rings. The van der Waals surface area contributed by atoms with Gasteiger partial charge in [-0.15, -0.1) is 23.2 Å². The highest BCUT2D eigenvalue weighted by atomic mass is 35.5. The molecule has 76 valence electrons. The molecule has 3 nitrogen and oxygen atoms in total. The van der Waals surface area contributed by atoms with Crippen LogP contribution in [0, 0.1) is 5.41 Å². The number of alkyl halides is 2. The Morgan fingerprint density at radius 1 is 1.62 bits per heavy atom. The smallest absolute Gasteiger partial charge is 0.243 e. The molecule has 1 rings (SSSR count). The van der Waals surface area contributed by atoms with Crippen molar-refractivity contribution in [1.29, 1.82) is 0 Å². The summed E-state index contributed by atoms with van der Waals surface area (Å²) in [5.41, 5.74) is 2.09. The number of nitrogens with zero attached hydrogens (tertiary/aromatic N) is 1. The molecular formula is C8H14Cl2N2O. The topological polar surface area (TPSA) is 32.3 Å². The Morgan fingerprint density at radius 2 is 2.08 bits per heavy atom. The summed E-state index contributed by atoms with van der Waals surface area (Å²) >= 11 is 11.7. The molecule has 0 bridgehead atoms. The lowest BCUT2D eigenvalue weighted by molar-refractivity contribution is -0.130. The highest BCUT2D eigenvalue weighted by Gasteiger charge is 2.68. The molecule has 0 aromatic carbocycles. The zero-order valence-electron chi connectivity index (χ0n) is 8.03. The fraction of sp³-hybridized carbons (Fsp3) is 0.875. The molecule has 1 aliphatic rings. The number of nitrogens with one attached hydrogen (secondary N) is 1. The van der Waals surface area contributed by atoms with Crippen LogP contribution in [0.3, 0.4) is 0 Å². The summed E-state index contributed by atoms with van der Waals surface area (Å²) in [5, 5.41) is 1.70. The number of hydrogen-bond acceptors (Lipinski definition) is 2. The number of rotatable bonds is 3. The van der Waals surface area contributed by atoms with Gasteiger partial charge in [0.1, 0.15) is 4.33 Å². The molecule has 1 unspecified atom stereocenters. The molecule has 5 heteroatoms. The molecule has 0 spiro atoms. The highest BCUT2D eigenvalue weighted by molar-refractivity contribution is 6.53. The minimum Gasteiger partial charge on any atom is -0.289 e. The molecule has 1 saturated carbocycles. The number of amides is 1. The van der Waals surface area contributed by atoms with Crippen molar-refractivity contribution in [2.45, 2.75) is 24.6 Å². The van der Waals surface area contributed by atoms with Gasteiger partial charge in [0.25, 0.3) is 0 Å². The van der Waals surface area contributed by atoms with Crippen LogP contribution in [0.5, 0.6) is 0 Å². The standard InChI is InChI=1S/C8H14Cl2N2O/c1-4-12(3)11-6(13)7(2)5-8(7,9)10/h4-5H2,1-3H3,(H,11,13). The van der Waals surface area contributed by atoms with Gasteiger partial charge in [-0.25, -0.2) is 5.01 Å². The summed E-state index contributed by atoms with van der Waals surface area (Å²) in [5.74, 6) is -0.109. The van der Waals surface area contributed by atoms with Crippen LogP contribution in [0.25, 0.3) is 0 Å². The van der Waals surface area contributed by atoms with E-state index in [4.69, 9.17) is 23.2 Å². The number of hydrogen-bond donors (Lipinski definition) is 1. The van der Waals surface area contributed by atoms with E-state index in [1.54, 1.807) is 19.0 Å². The monoisotopic (exact) mass is 224 g/mol. The Balaban J connectivity index is 2.51. The molecule has 1 amide bonds. The van der Waals surface area contributed by atoms with Crippen molar-refractivity contribution >= 4 is 29.1 Å². The average Bonchev–Trinajstić information content (AvgIpc) is 2.52. The zero-order valence-corrected chi connectivity index (χ0v) is 9.54. The molecule has 0 heterocycles. The van der Waals surface area contributed by atoms with Crippen molar-refractivity contribution in [3.63, 3.8) is 0 Å². The van der Waals surface area contributed by atoms with Crippen LogP contribution in [-0.4, -0.2) is 28.8 Å². The molecule has 0 saturated heterocycles. The second-order valence-electron chi connectivity index (χ2n) is 3.67. The number of halogens is 2. The highest BCUT2D eigenvalue weighted by Crippen LogP contribution is 2.63. The lowest BCUT2D eigenvalue weighted by atomic mass is 10.1. The van der Waals surface area contributed by atoms with E-state index >= 15 is 0 Å². The maximum Gasteiger partial charge on any atom is 0.243 e. The SMILES string of the molecule is CCN(C)NC(=O)C1(C)CC1(Cl)Cl. The summed E-state index contributed by atoms with van der Waals surface area (Å²) < 4.78 is -0.883. The first-order valence-corrected chi connectivity index (χ1v) is 4.99. The van der Waals surface area contributed by atoms with Gasteiger partial charge < -0.3 is 0 Å². The van der Waals surface area contributed by atoms with E-state index in [0.717, 1.165) is 6.54 Å². The second-order valence-corrected chi connectivity index (χ2v) is 5.15. The van der Waals surface area contributed by atoms with Gasteiger partial charge >= 0.3 is 0 Å². The van der Waals surface area contributed by atoms with Crippen LogP contribution in [-0.2, 0) is 4.79 Å². The van der Waals surface area contributed by atoms with E-state index in [1.807, 2.05) is 6.92 Å². The third-order valence-electron chi connectivity index (χ3n) is 2.53. The summed E-state index contributed by atoms with van der Waals surface area (Å²) in [4.78, 5) is 11.6. The van der Waals surface area contributed by atoms with Gasteiger partial charge in [0, 0.05) is 13.6 Å². The average molecular weight is 225 g/mol. The molecule has 13 heavy (non-hydrogen) atoms. The number of hydrazine groups is 1. The Hall–Kier alpha value is 0.01000. The second kappa shape index (κ2) is 3.30. The van der Waals surface area contributed by atoms with Gasteiger partial charge in [-0.05, 0) is 13.3 Å². The normalized spacial score (nSPS) is 30.3. The van der Waals surface area contributed by atoms with Crippen molar-refractivity contribution < 1.29 is 4.79 Å². The Kier molecular flexibility index (Phi) is 2.81.